The molecule has 0 aromatic heterocycles. The highest BCUT2D eigenvalue weighted by molar-refractivity contribution is 5.96. The van der Waals surface area contributed by atoms with Crippen molar-refractivity contribution in [1.82, 2.24) is 0 Å². The molecular weight excluding hydrogens is 318 g/mol. The van der Waals surface area contributed by atoms with Gasteiger partial charge in [-0.1, -0.05) is 43.3 Å². The van der Waals surface area contributed by atoms with Crippen LogP contribution in [-0.4, -0.2) is 19.0 Å². The number of carbonyl (C=O) groups is 2. The molecule has 3 rings (SSSR count). The first-order valence-electron chi connectivity index (χ1n) is 8.29. The minimum Gasteiger partial charge on any atom is -0.497 e. The Morgan fingerprint density at radius 2 is 1.84 bits per heavy atom. The first kappa shape index (κ1) is 17.0. The maximum Gasteiger partial charge on any atom is 0.310 e. The third kappa shape index (κ3) is 4.18. The largest absolute Gasteiger partial charge is 0.497 e. The first-order valence-corrected chi connectivity index (χ1v) is 8.29. The van der Waals surface area contributed by atoms with Crippen molar-refractivity contribution in [3.63, 3.8) is 0 Å². The van der Waals surface area contributed by atoms with E-state index in [1.807, 2.05) is 25.1 Å². The Hall–Kier alpha value is -2.82. The van der Waals surface area contributed by atoms with Crippen LogP contribution in [-0.2, 0) is 14.3 Å². The molecule has 3 atom stereocenters. The minimum atomic E-state index is -0.979. The van der Waals surface area contributed by atoms with Gasteiger partial charge in [-0.2, -0.15) is 0 Å². The summed E-state index contributed by atoms with van der Waals surface area (Å²) in [6, 6.07) is 16.1. The molecule has 2 aromatic rings. The van der Waals surface area contributed by atoms with Crippen molar-refractivity contribution < 1.29 is 19.1 Å². The molecule has 1 N–H and O–H groups in total. The average molecular weight is 339 g/mol. The van der Waals surface area contributed by atoms with Gasteiger partial charge in [-0.05, 0) is 24.5 Å². The van der Waals surface area contributed by atoms with Gasteiger partial charge in [0.25, 0.3) is 5.91 Å². The zero-order chi connectivity index (χ0) is 17.8. The van der Waals surface area contributed by atoms with Crippen molar-refractivity contribution >= 4 is 17.6 Å². The number of nitrogens with one attached hydrogen (secondary N) is 1. The minimum absolute atomic E-state index is 0.101. The molecule has 0 bridgehead atoms. The molecule has 1 amide bonds. The number of anilines is 1. The predicted octanol–water partition coefficient (Wildman–Crippen LogP) is 3.57. The van der Waals surface area contributed by atoms with Gasteiger partial charge in [-0.15, -0.1) is 0 Å². The second-order valence-electron chi connectivity index (χ2n) is 6.27. The molecule has 130 valence electrons. The van der Waals surface area contributed by atoms with Crippen molar-refractivity contribution in [1.29, 1.82) is 0 Å². The summed E-state index contributed by atoms with van der Waals surface area (Å²) in [5.41, 5.74) is 1.23. The highest BCUT2D eigenvalue weighted by Gasteiger charge is 2.42. The number of hydrogen-bond acceptors (Lipinski definition) is 4. The molecule has 5 heteroatoms. The molecule has 25 heavy (non-hydrogen) atoms. The lowest BCUT2D eigenvalue weighted by Gasteiger charge is -2.18. The Balaban J connectivity index is 1.77. The summed E-state index contributed by atoms with van der Waals surface area (Å²) in [6.45, 7) is 2.00. The van der Waals surface area contributed by atoms with Crippen LogP contribution < -0.4 is 10.1 Å². The van der Waals surface area contributed by atoms with Gasteiger partial charge in [0, 0.05) is 17.3 Å². The molecular formula is C20H21NO4. The molecule has 0 radical (unpaired) electrons. The number of carbonyl (C=O) groups excluding carboxylic acids is 2. The second-order valence-corrected chi connectivity index (χ2v) is 6.27. The molecule has 5 nitrogen and oxygen atoms in total. The number of ether oxygens (including phenoxy) is 2. The number of amides is 1. The summed E-state index contributed by atoms with van der Waals surface area (Å²) in [5.74, 6) is 0.155. The van der Waals surface area contributed by atoms with E-state index in [-0.39, 0.29) is 17.8 Å². The van der Waals surface area contributed by atoms with Gasteiger partial charge in [0.2, 0.25) is 6.10 Å². The Kier molecular flexibility index (Phi) is 5.03. The quantitative estimate of drug-likeness (QED) is 0.817. The SMILES string of the molecule is COc1cccc(NC(=O)[C@@H](OC(=O)[C@@H]2C[C@@H]2C)c2ccccc2)c1. The zero-order valence-corrected chi connectivity index (χ0v) is 14.3. The highest BCUT2D eigenvalue weighted by Crippen LogP contribution is 2.39. The van der Waals surface area contributed by atoms with Crippen LogP contribution in [0.1, 0.15) is 25.0 Å². The smallest absolute Gasteiger partial charge is 0.310 e. The van der Waals surface area contributed by atoms with E-state index in [4.69, 9.17) is 9.47 Å². The Morgan fingerprint density at radius 3 is 2.48 bits per heavy atom. The van der Waals surface area contributed by atoms with Gasteiger partial charge in [0.05, 0.1) is 13.0 Å². The van der Waals surface area contributed by atoms with Crippen molar-refractivity contribution in [2.75, 3.05) is 12.4 Å². The lowest BCUT2D eigenvalue weighted by Crippen LogP contribution is -2.26. The van der Waals surface area contributed by atoms with E-state index in [0.717, 1.165) is 6.42 Å². The molecule has 0 saturated heterocycles. The van der Waals surface area contributed by atoms with Gasteiger partial charge in [-0.3, -0.25) is 9.59 Å². The van der Waals surface area contributed by atoms with Gasteiger partial charge in [0.15, 0.2) is 0 Å². The lowest BCUT2D eigenvalue weighted by atomic mass is 10.1. The van der Waals surface area contributed by atoms with E-state index in [9.17, 15) is 9.59 Å². The molecule has 2 aromatic carbocycles. The molecule has 1 fully saturated rings. The fourth-order valence-corrected chi connectivity index (χ4v) is 2.66. The van der Waals surface area contributed by atoms with Crippen LogP contribution in [0.5, 0.6) is 5.75 Å². The van der Waals surface area contributed by atoms with Crippen molar-refractivity contribution in [3.8, 4) is 5.75 Å². The summed E-state index contributed by atoms with van der Waals surface area (Å²) in [7, 11) is 1.56. The van der Waals surface area contributed by atoms with Gasteiger partial charge in [-0.25, -0.2) is 0 Å². The van der Waals surface area contributed by atoms with Crippen LogP contribution >= 0.6 is 0 Å². The van der Waals surface area contributed by atoms with Crippen molar-refractivity contribution in [3.05, 3.63) is 60.2 Å². The molecule has 1 aliphatic rings. The van der Waals surface area contributed by atoms with E-state index in [1.165, 1.54) is 0 Å². The van der Waals surface area contributed by atoms with E-state index in [0.29, 0.717) is 22.9 Å². The van der Waals surface area contributed by atoms with Crippen LogP contribution in [0, 0.1) is 11.8 Å². The van der Waals surface area contributed by atoms with Crippen LogP contribution in [0.4, 0.5) is 5.69 Å². The normalized spacial score (nSPS) is 19.6. The van der Waals surface area contributed by atoms with E-state index in [2.05, 4.69) is 5.32 Å². The number of hydrogen-bond donors (Lipinski definition) is 1. The number of esters is 1. The maximum absolute atomic E-state index is 12.7. The summed E-state index contributed by atoms with van der Waals surface area (Å²) in [6.07, 6.45) is -0.162. The molecule has 1 aliphatic carbocycles. The first-order chi connectivity index (χ1) is 12.1. The van der Waals surface area contributed by atoms with Gasteiger partial charge < -0.3 is 14.8 Å². The molecule has 0 heterocycles. The van der Waals surface area contributed by atoms with Crippen LogP contribution in [0.25, 0.3) is 0 Å². The molecule has 0 unspecified atom stereocenters. The second kappa shape index (κ2) is 7.38. The zero-order valence-electron chi connectivity index (χ0n) is 14.3. The average Bonchev–Trinajstić information content (AvgIpc) is 3.37. The van der Waals surface area contributed by atoms with Crippen LogP contribution in [0.3, 0.4) is 0 Å². The number of rotatable bonds is 6. The fraction of sp³-hybridized carbons (Fsp3) is 0.300. The molecule has 0 aliphatic heterocycles. The summed E-state index contributed by atoms with van der Waals surface area (Å²) in [4.78, 5) is 25.0. The van der Waals surface area contributed by atoms with Crippen molar-refractivity contribution in [2.24, 2.45) is 11.8 Å². The Labute approximate surface area is 147 Å². The van der Waals surface area contributed by atoms with Gasteiger partial charge >= 0.3 is 5.97 Å². The lowest BCUT2D eigenvalue weighted by molar-refractivity contribution is -0.156. The Morgan fingerprint density at radius 1 is 1.12 bits per heavy atom. The standard InChI is InChI=1S/C20H21NO4/c1-13-11-17(13)20(23)25-18(14-7-4-3-5-8-14)19(22)21-15-9-6-10-16(12-15)24-2/h3-10,12-13,17-18H,11H2,1-2H3,(H,21,22)/t13-,17+,18-/m0/s1. The molecule has 0 spiro atoms. The predicted molar refractivity (Wildman–Crippen MR) is 94.2 cm³/mol. The van der Waals surface area contributed by atoms with Crippen LogP contribution in [0.15, 0.2) is 54.6 Å². The van der Waals surface area contributed by atoms with E-state index < -0.39 is 6.10 Å². The monoisotopic (exact) mass is 339 g/mol. The third-order valence-electron chi connectivity index (χ3n) is 4.32. The third-order valence-corrected chi connectivity index (χ3v) is 4.32. The van der Waals surface area contributed by atoms with Crippen LogP contribution in [0.2, 0.25) is 0 Å². The summed E-state index contributed by atoms with van der Waals surface area (Å²) in [5, 5.41) is 2.79. The fourth-order valence-electron chi connectivity index (χ4n) is 2.66. The number of benzene rings is 2. The van der Waals surface area contributed by atoms with E-state index in [1.54, 1.807) is 43.5 Å². The highest BCUT2D eigenvalue weighted by atomic mass is 16.5. The Bertz CT molecular complexity index is 759. The van der Waals surface area contributed by atoms with Gasteiger partial charge in [0.1, 0.15) is 5.75 Å². The molecule has 1 saturated carbocycles. The number of methoxy groups -OCH3 is 1. The van der Waals surface area contributed by atoms with Crippen molar-refractivity contribution in [2.45, 2.75) is 19.4 Å². The topological polar surface area (TPSA) is 64.6 Å². The summed E-state index contributed by atoms with van der Waals surface area (Å²) < 4.78 is 10.7. The van der Waals surface area contributed by atoms with E-state index >= 15 is 0 Å². The summed E-state index contributed by atoms with van der Waals surface area (Å²) >= 11 is 0. The maximum atomic E-state index is 12.7.